The first-order valence-electron chi connectivity index (χ1n) is 6.69. The highest BCUT2D eigenvalue weighted by Gasteiger charge is 2.15. The Bertz CT molecular complexity index is 458. The van der Waals surface area contributed by atoms with E-state index in [1.165, 1.54) is 12.0 Å². The fraction of sp³-hybridized carbons (Fsp3) is 0.467. The van der Waals surface area contributed by atoms with Crippen molar-refractivity contribution < 1.29 is 24.2 Å². The molecule has 0 aliphatic heterocycles. The number of rotatable bonds is 8. The van der Waals surface area contributed by atoms with Gasteiger partial charge in [-0.15, -0.1) is 0 Å². The lowest BCUT2D eigenvalue weighted by atomic mass is 10.1. The summed E-state index contributed by atoms with van der Waals surface area (Å²) in [4.78, 5) is 24.8. The summed E-state index contributed by atoms with van der Waals surface area (Å²) in [5, 5.41) is 9.02. The highest BCUT2D eigenvalue weighted by molar-refractivity contribution is 5.79. The summed E-state index contributed by atoms with van der Waals surface area (Å²) in [6, 6.07) is 7.20. The molecule has 0 heterocycles. The summed E-state index contributed by atoms with van der Waals surface area (Å²) in [6.07, 6.45) is 0.329. The third kappa shape index (κ3) is 5.83. The first kappa shape index (κ1) is 17.0. The number of carbonyl (C=O) groups excluding carboxylic acids is 2. The Morgan fingerprint density at radius 1 is 1.14 bits per heavy atom. The lowest BCUT2D eigenvalue weighted by Gasteiger charge is -2.21. The minimum Gasteiger partial charge on any atom is -0.497 e. The van der Waals surface area contributed by atoms with Crippen LogP contribution in [0.4, 0.5) is 0 Å². The van der Waals surface area contributed by atoms with Gasteiger partial charge in [0.2, 0.25) is 5.91 Å². The summed E-state index contributed by atoms with van der Waals surface area (Å²) in [5.41, 5.74) is 0.849. The molecule has 0 aliphatic rings. The van der Waals surface area contributed by atoms with Gasteiger partial charge in [0.25, 0.3) is 0 Å². The van der Waals surface area contributed by atoms with Gasteiger partial charge in [0.15, 0.2) is 0 Å². The molecule has 0 aromatic heterocycles. The quantitative estimate of drug-likeness (QED) is 0.712. The first-order chi connectivity index (χ1) is 10.1. The number of hydrogen-bond acceptors (Lipinski definition) is 5. The van der Waals surface area contributed by atoms with Crippen molar-refractivity contribution in [3.05, 3.63) is 29.8 Å². The maximum absolute atomic E-state index is 12.2. The van der Waals surface area contributed by atoms with Crippen LogP contribution >= 0.6 is 0 Å². The van der Waals surface area contributed by atoms with E-state index in [0.717, 1.165) is 11.3 Å². The van der Waals surface area contributed by atoms with E-state index in [0.29, 0.717) is 0 Å². The zero-order chi connectivity index (χ0) is 15.7. The van der Waals surface area contributed by atoms with Crippen molar-refractivity contribution in [3.63, 3.8) is 0 Å². The number of hydrogen-bond donors (Lipinski definition) is 1. The van der Waals surface area contributed by atoms with Gasteiger partial charge in [-0.2, -0.15) is 0 Å². The molecule has 0 unspecified atom stereocenters. The number of amides is 1. The number of aliphatic hydroxyl groups is 1. The van der Waals surface area contributed by atoms with Gasteiger partial charge in [0.05, 0.1) is 33.7 Å². The molecule has 0 fully saturated rings. The van der Waals surface area contributed by atoms with Crippen LogP contribution in [0.1, 0.15) is 12.0 Å². The van der Waals surface area contributed by atoms with Crippen LogP contribution in [0.2, 0.25) is 0 Å². The van der Waals surface area contributed by atoms with E-state index >= 15 is 0 Å². The van der Waals surface area contributed by atoms with Gasteiger partial charge in [-0.3, -0.25) is 9.59 Å². The van der Waals surface area contributed by atoms with Crippen molar-refractivity contribution in [2.45, 2.75) is 12.8 Å². The van der Waals surface area contributed by atoms with Crippen LogP contribution in [0.3, 0.4) is 0 Å². The zero-order valence-corrected chi connectivity index (χ0v) is 12.4. The Balaban J connectivity index is 2.60. The number of nitrogens with zero attached hydrogens (tertiary/aromatic N) is 1. The van der Waals surface area contributed by atoms with Crippen molar-refractivity contribution in [3.8, 4) is 5.75 Å². The Morgan fingerprint density at radius 2 is 1.81 bits per heavy atom. The lowest BCUT2D eigenvalue weighted by molar-refractivity contribution is -0.141. The van der Waals surface area contributed by atoms with Crippen LogP contribution in [0, 0.1) is 0 Å². The highest BCUT2D eigenvalue weighted by Crippen LogP contribution is 2.12. The van der Waals surface area contributed by atoms with Crippen molar-refractivity contribution >= 4 is 11.9 Å². The molecule has 0 bridgehead atoms. The predicted octanol–water partition coefficient (Wildman–Crippen LogP) is 0.622. The second-order valence-electron chi connectivity index (χ2n) is 4.46. The number of aliphatic hydroxyl groups excluding tert-OH is 1. The first-order valence-corrected chi connectivity index (χ1v) is 6.69. The van der Waals surface area contributed by atoms with E-state index in [1.54, 1.807) is 19.2 Å². The molecular formula is C15H21NO5. The molecule has 6 heteroatoms. The van der Waals surface area contributed by atoms with Gasteiger partial charge in [-0.05, 0) is 17.7 Å². The number of methoxy groups -OCH3 is 2. The second kappa shape index (κ2) is 8.97. The van der Waals surface area contributed by atoms with Gasteiger partial charge in [0, 0.05) is 13.1 Å². The van der Waals surface area contributed by atoms with E-state index in [1.807, 2.05) is 12.1 Å². The standard InChI is InChI=1S/C15H21NO5/c1-20-13-5-3-12(4-6-13)11-14(18)16(9-10-17)8-7-15(19)21-2/h3-6,17H,7-11H2,1-2H3. The summed E-state index contributed by atoms with van der Waals surface area (Å²) in [7, 11) is 2.88. The molecule has 1 amide bonds. The normalized spacial score (nSPS) is 10.0. The number of esters is 1. The average molecular weight is 295 g/mol. The number of ether oxygens (including phenoxy) is 2. The zero-order valence-electron chi connectivity index (χ0n) is 12.4. The molecule has 0 saturated heterocycles. The minimum absolute atomic E-state index is 0.116. The van der Waals surface area contributed by atoms with Gasteiger partial charge in [-0.1, -0.05) is 12.1 Å². The Kier molecular flexibility index (Phi) is 7.25. The fourth-order valence-corrected chi connectivity index (χ4v) is 1.84. The smallest absolute Gasteiger partial charge is 0.307 e. The molecule has 0 aliphatic carbocycles. The summed E-state index contributed by atoms with van der Waals surface area (Å²) < 4.78 is 9.61. The second-order valence-corrected chi connectivity index (χ2v) is 4.46. The highest BCUT2D eigenvalue weighted by atomic mass is 16.5. The van der Waals surface area contributed by atoms with Gasteiger partial charge < -0.3 is 19.5 Å². The maximum Gasteiger partial charge on any atom is 0.307 e. The topological polar surface area (TPSA) is 76.1 Å². The lowest BCUT2D eigenvalue weighted by Crippen LogP contribution is -2.36. The van der Waals surface area contributed by atoms with E-state index in [9.17, 15) is 9.59 Å². The Hall–Kier alpha value is -2.08. The molecule has 6 nitrogen and oxygen atoms in total. The van der Waals surface area contributed by atoms with Crippen molar-refractivity contribution in [2.75, 3.05) is 33.9 Å². The monoisotopic (exact) mass is 295 g/mol. The molecule has 0 radical (unpaired) electrons. The van der Waals surface area contributed by atoms with E-state index in [2.05, 4.69) is 4.74 Å². The summed E-state index contributed by atoms with van der Waals surface area (Å²) >= 11 is 0. The fourth-order valence-electron chi connectivity index (χ4n) is 1.84. The summed E-state index contributed by atoms with van der Waals surface area (Å²) in [5.74, 6) is 0.206. The molecule has 116 valence electrons. The van der Waals surface area contributed by atoms with Gasteiger partial charge in [-0.25, -0.2) is 0 Å². The maximum atomic E-state index is 12.2. The van der Waals surface area contributed by atoms with Gasteiger partial charge >= 0.3 is 5.97 Å². The molecule has 21 heavy (non-hydrogen) atoms. The SMILES string of the molecule is COC(=O)CCN(CCO)C(=O)Cc1ccc(OC)cc1. The largest absolute Gasteiger partial charge is 0.497 e. The molecule has 1 aromatic rings. The molecular weight excluding hydrogens is 274 g/mol. The van der Waals surface area contributed by atoms with Crippen LogP contribution < -0.4 is 4.74 Å². The Labute approximate surface area is 124 Å². The van der Waals surface area contributed by atoms with Crippen LogP contribution in [0.5, 0.6) is 5.75 Å². The molecule has 0 atom stereocenters. The van der Waals surface area contributed by atoms with Crippen molar-refractivity contribution in [2.24, 2.45) is 0 Å². The molecule has 1 rings (SSSR count). The predicted molar refractivity (Wildman–Crippen MR) is 77.0 cm³/mol. The van der Waals surface area contributed by atoms with E-state index < -0.39 is 0 Å². The third-order valence-corrected chi connectivity index (χ3v) is 3.05. The minimum atomic E-state index is -0.379. The summed E-state index contributed by atoms with van der Waals surface area (Å²) in [6.45, 7) is 0.295. The van der Waals surface area contributed by atoms with E-state index in [-0.39, 0.29) is 44.4 Å². The van der Waals surface area contributed by atoms with Crippen molar-refractivity contribution in [1.82, 2.24) is 4.90 Å². The number of carbonyl (C=O) groups is 2. The van der Waals surface area contributed by atoms with Crippen LogP contribution in [0.25, 0.3) is 0 Å². The van der Waals surface area contributed by atoms with Gasteiger partial charge in [0.1, 0.15) is 5.75 Å². The Morgan fingerprint density at radius 3 is 2.33 bits per heavy atom. The van der Waals surface area contributed by atoms with Crippen LogP contribution in [-0.4, -0.2) is 55.8 Å². The number of benzene rings is 1. The van der Waals surface area contributed by atoms with Crippen molar-refractivity contribution in [1.29, 1.82) is 0 Å². The molecule has 0 saturated carbocycles. The third-order valence-electron chi connectivity index (χ3n) is 3.05. The van der Waals surface area contributed by atoms with Crippen LogP contribution in [0.15, 0.2) is 24.3 Å². The molecule has 1 N–H and O–H groups in total. The molecule has 0 spiro atoms. The molecule has 1 aromatic carbocycles. The van der Waals surface area contributed by atoms with Crippen LogP contribution in [-0.2, 0) is 20.7 Å². The van der Waals surface area contributed by atoms with E-state index in [4.69, 9.17) is 9.84 Å². The average Bonchev–Trinajstić information content (AvgIpc) is 2.51.